The Labute approximate surface area is 163 Å². The summed E-state index contributed by atoms with van der Waals surface area (Å²) in [5.74, 6) is -1.02. The van der Waals surface area contributed by atoms with Crippen LogP contribution in [0.15, 0.2) is 72.0 Å². The van der Waals surface area contributed by atoms with Crippen LogP contribution in [0, 0.1) is 0 Å². The molecule has 1 unspecified atom stereocenters. The van der Waals surface area contributed by atoms with E-state index in [1.807, 2.05) is 42.5 Å². The molecule has 28 heavy (non-hydrogen) atoms. The lowest BCUT2D eigenvalue weighted by molar-refractivity contribution is -0.142. The summed E-state index contributed by atoms with van der Waals surface area (Å²) >= 11 is 0. The van der Waals surface area contributed by atoms with Gasteiger partial charge in [0.1, 0.15) is 11.5 Å². The highest BCUT2D eigenvalue weighted by Gasteiger charge is 2.36. The number of esters is 2. The molecule has 1 aliphatic rings. The summed E-state index contributed by atoms with van der Waals surface area (Å²) in [7, 11) is 4.06. The highest BCUT2D eigenvalue weighted by atomic mass is 16.6. The largest absolute Gasteiger partial charge is 0.497 e. The lowest BCUT2D eigenvalue weighted by Gasteiger charge is -2.26. The fraction of sp³-hybridized carbons (Fsp3) is 0.182. The Kier molecular flexibility index (Phi) is 5.79. The van der Waals surface area contributed by atoms with Crippen LogP contribution < -0.4 is 4.74 Å². The highest BCUT2D eigenvalue weighted by molar-refractivity contribution is 6.02. The molecule has 0 radical (unpaired) electrons. The molecule has 2 aromatic carbocycles. The summed E-state index contributed by atoms with van der Waals surface area (Å²) in [6, 6.07) is 16.5. The van der Waals surface area contributed by atoms with Crippen molar-refractivity contribution in [3.63, 3.8) is 0 Å². The van der Waals surface area contributed by atoms with Crippen molar-refractivity contribution >= 4 is 17.7 Å². The standard InChI is InChI=1S/C22H20O6/c1-25-16-11-9-14(10-12-16)17-13-18(15-7-5-4-6-8-15)28-20(22(24)27-3)19(17)21(23)26-2/h4-13,17H,1-3H3. The van der Waals surface area contributed by atoms with Crippen LogP contribution in [0.5, 0.6) is 5.75 Å². The number of hydrogen-bond donors (Lipinski definition) is 0. The summed E-state index contributed by atoms with van der Waals surface area (Å²) in [5, 5.41) is 0. The van der Waals surface area contributed by atoms with Gasteiger partial charge in [-0.2, -0.15) is 0 Å². The van der Waals surface area contributed by atoms with Crippen LogP contribution in [0.2, 0.25) is 0 Å². The predicted octanol–water partition coefficient (Wildman–Crippen LogP) is 3.45. The average Bonchev–Trinajstić information content (AvgIpc) is 2.77. The van der Waals surface area contributed by atoms with Crippen molar-refractivity contribution in [1.29, 1.82) is 0 Å². The van der Waals surface area contributed by atoms with Crippen LogP contribution in [-0.4, -0.2) is 33.3 Å². The minimum atomic E-state index is -0.750. The van der Waals surface area contributed by atoms with Gasteiger partial charge in [0.2, 0.25) is 5.76 Å². The Bertz CT molecular complexity index is 925. The Balaban J connectivity index is 2.17. The highest BCUT2D eigenvalue weighted by Crippen LogP contribution is 2.39. The summed E-state index contributed by atoms with van der Waals surface area (Å²) in [6.07, 6.45) is 1.79. The second kappa shape index (κ2) is 8.43. The maximum atomic E-state index is 12.5. The quantitative estimate of drug-likeness (QED) is 0.740. The first-order chi connectivity index (χ1) is 13.6. The van der Waals surface area contributed by atoms with Crippen molar-refractivity contribution in [2.75, 3.05) is 21.3 Å². The number of carbonyl (C=O) groups is 2. The molecule has 6 heteroatoms. The van der Waals surface area contributed by atoms with Gasteiger partial charge < -0.3 is 18.9 Å². The van der Waals surface area contributed by atoms with E-state index in [0.717, 1.165) is 11.1 Å². The first kappa shape index (κ1) is 19.2. The van der Waals surface area contributed by atoms with E-state index in [0.29, 0.717) is 11.5 Å². The van der Waals surface area contributed by atoms with Gasteiger partial charge in [-0.05, 0) is 23.8 Å². The Hall–Kier alpha value is -3.54. The summed E-state index contributed by atoms with van der Waals surface area (Å²) in [5.41, 5.74) is 1.63. The minimum absolute atomic E-state index is 0.0826. The van der Waals surface area contributed by atoms with Crippen LogP contribution in [0.3, 0.4) is 0 Å². The predicted molar refractivity (Wildman–Crippen MR) is 102 cm³/mol. The van der Waals surface area contributed by atoms with Gasteiger partial charge in [0.15, 0.2) is 0 Å². The molecule has 144 valence electrons. The van der Waals surface area contributed by atoms with E-state index in [4.69, 9.17) is 18.9 Å². The molecule has 0 aromatic heterocycles. The van der Waals surface area contributed by atoms with Gasteiger partial charge in [-0.25, -0.2) is 9.59 Å². The van der Waals surface area contributed by atoms with Crippen molar-refractivity contribution in [1.82, 2.24) is 0 Å². The molecule has 0 saturated carbocycles. The van der Waals surface area contributed by atoms with Crippen molar-refractivity contribution < 1.29 is 28.5 Å². The van der Waals surface area contributed by atoms with Crippen LogP contribution in [0.25, 0.3) is 5.76 Å². The van der Waals surface area contributed by atoms with E-state index < -0.39 is 17.9 Å². The van der Waals surface area contributed by atoms with Gasteiger partial charge >= 0.3 is 11.9 Å². The second-order valence-electron chi connectivity index (χ2n) is 5.98. The average molecular weight is 380 g/mol. The lowest BCUT2D eigenvalue weighted by Crippen LogP contribution is -2.24. The molecule has 0 saturated heterocycles. The number of benzene rings is 2. The lowest BCUT2D eigenvalue weighted by atomic mass is 9.87. The fourth-order valence-corrected chi connectivity index (χ4v) is 2.98. The van der Waals surface area contributed by atoms with Crippen LogP contribution >= 0.6 is 0 Å². The molecule has 0 N–H and O–H groups in total. The van der Waals surface area contributed by atoms with Crippen LogP contribution in [-0.2, 0) is 23.8 Å². The number of methoxy groups -OCH3 is 3. The van der Waals surface area contributed by atoms with Crippen molar-refractivity contribution in [2.24, 2.45) is 0 Å². The number of allylic oxidation sites excluding steroid dienone is 1. The molecule has 0 amide bonds. The first-order valence-corrected chi connectivity index (χ1v) is 8.59. The maximum Gasteiger partial charge on any atom is 0.374 e. The third kappa shape index (κ3) is 3.76. The van der Waals surface area contributed by atoms with Gasteiger partial charge in [-0.15, -0.1) is 0 Å². The molecular formula is C22H20O6. The van der Waals surface area contributed by atoms with Gasteiger partial charge in [0, 0.05) is 11.5 Å². The normalized spacial score (nSPS) is 16.0. The summed E-state index contributed by atoms with van der Waals surface area (Å²) in [6.45, 7) is 0. The van der Waals surface area contributed by atoms with E-state index >= 15 is 0 Å². The molecule has 0 fully saturated rings. The molecule has 0 bridgehead atoms. The zero-order valence-corrected chi connectivity index (χ0v) is 15.8. The SMILES string of the molecule is COC(=O)C1=C(C(=O)OC)C(c2ccc(OC)cc2)C=C(c2ccccc2)O1. The first-order valence-electron chi connectivity index (χ1n) is 8.59. The Morgan fingerprint density at radius 3 is 2.07 bits per heavy atom. The molecule has 6 nitrogen and oxygen atoms in total. The summed E-state index contributed by atoms with van der Waals surface area (Å²) < 4.78 is 20.8. The molecule has 3 rings (SSSR count). The van der Waals surface area contributed by atoms with Crippen molar-refractivity contribution in [3.05, 3.63) is 83.1 Å². The van der Waals surface area contributed by atoms with Crippen molar-refractivity contribution in [3.8, 4) is 5.75 Å². The van der Waals surface area contributed by atoms with Gasteiger partial charge in [-0.3, -0.25) is 0 Å². The van der Waals surface area contributed by atoms with Gasteiger partial charge in [-0.1, -0.05) is 42.5 Å². The van der Waals surface area contributed by atoms with E-state index in [-0.39, 0.29) is 11.3 Å². The smallest absolute Gasteiger partial charge is 0.374 e. The fourth-order valence-electron chi connectivity index (χ4n) is 2.98. The van der Waals surface area contributed by atoms with Crippen LogP contribution in [0.4, 0.5) is 0 Å². The number of carbonyl (C=O) groups excluding carboxylic acids is 2. The number of ether oxygens (including phenoxy) is 4. The third-order valence-electron chi connectivity index (χ3n) is 4.40. The minimum Gasteiger partial charge on any atom is -0.497 e. The molecule has 1 atom stereocenters. The Morgan fingerprint density at radius 1 is 0.857 bits per heavy atom. The zero-order valence-electron chi connectivity index (χ0n) is 15.8. The van der Waals surface area contributed by atoms with E-state index in [2.05, 4.69) is 0 Å². The second-order valence-corrected chi connectivity index (χ2v) is 5.98. The number of rotatable bonds is 5. The van der Waals surface area contributed by atoms with E-state index in [1.54, 1.807) is 25.3 Å². The third-order valence-corrected chi connectivity index (χ3v) is 4.40. The van der Waals surface area contributed by atoms with Crippen molar-refractivity contribution in [2.45, 2.75) is 5.92 Å². The zero-order chi connectivity index (χ0) is 20.1. The topological polar surface area (TPSA) is 71.1 Å². The summed E-state index contributed by atoms with van der Waals surface area (Å²) in [4.78, 5) is 24.9. The van der Waals surface area contributed by atoms with Gasteiger partial charge in [0.25, 0.3) is 0 Å². The number of hydrogen-bond acceptors (Lipinski definition) is 6. The Morgan fingerprint density at radius 2 is 1.50 bits per heavy atom. The molecule has 1 aliphatic heterocycles. The molecule has 0 aliphatic carbocycles. The molecule has 2 aromatic rings. The van der Waals surface area contributed by atoms with Crippen LogP contribution in [0.1, 0.15) is 17.0 Å². The van der Waals surface area contributed by atoms with E-state index in [9.17, 15) is 9.59 Å². The molecular weight excluding hydrogens is 360 g/mol. The maximum absolute atomic E-state index is 12.5. The van der Waals surface area contributed by atoms with E-state index in [1.165, 1.54) is 14.2 Å². The molecule has 1 heterocycles. The molecule has 0 spiro atoms. The monoisotopic (exact) mass is 380 g/mol. The van der Waals surface area contributed by atoms with Gasteiger partial charge in [0.05, 0.1) is 26.9 Å².